The molecule has 0 saturated carbocycles. The van der Waals surface area contributed by atoms with E-state index in [9.17, 15) is 0 Å². The lowest BCUT2D eigenvalue weighted by molar-refractivity contribution is 1.23. The van der Waals surface area contributed by atoms with Gasteiger partial charge >= 0.3 is 0 Å². The number of benzene rings is 10. The molecule has 5 nitrogen and oxygen atoms in total. The molecule has 0 spiro atoms. The number of pyridine rings is 1. The standard InChI is InChI=1S/C61H37N5/c1-5-21-40(22-6-1)63(41-23-7-2-8-24-41)51-34-18-32-47-46-31-17-33-48-55-54-50-35-38-19-13-15-29-44(38)53-49-36-39-20-14-16-30-45(39)59(64(42-25-9-3-10-26-42)43-27-11-4-12-28-43)60(49)65(58(50)53)52(54)37-62-61(55)66(56(46)48)57(47)51/h1-37H. The molecule has 0 bridgehead atoms. The first-order valence-electron chi connectivity index (χ1n) is 22.6. The van der Waals surface area contributed by atoms with E-state index in [-0.39, 0.29) is 0 Å². The van der Waals surface area contributed by atoms with Gasteiger partial charge in [0.1, 0.15) is 5.65 Å². The van der Waals surface area contributed by atoms with Gasteiger partial charge in [0, 0.05) is 71.2 Å². The van der Waals surface area contributed by atoms with Crippen molar-refractivity contribution >= 4 is 132 Å². The summed E-state index contributed by atoms with van der Waals surface area (Å²) in [6.45, 7) is 0. The zero-order chi connectivity index (χ0) is 43.0. The number of hydrogen-bond acceptors (Lipinski definition) is 3. The Labute approximate surface area is 378 Å². The summed E-state index contributed by atoms with van der Waals surface area (Å²) in [7, 11) is 0. The van der Waals surface area contributed by atoms with E-state index in [1.54, 1.807) is 0 Å². The molecule has 15 aromatic rings. The molecular formula is C61H37N5. The Morgan fingerprint density at radius 3 is 1.44 bits per heavy atom. The van der Waals surface area contributed by atoms with Crippen molar-refractivity contribution in [1.82, 2.24) is 13.8 Å². The average Bonchev–Trinajstić information content (AvgIpc) is 4.11. The van der Waals surface area contributed by atoms with E-state index in [4.69, 9.17) is 4.98 Å². The summed E-state index contributed by atoms with van der Waals surface area (Å²) in [4.78, 5) is 10.5. The minimum atomic E-state index is 0.959. The molecule has 5 aromatic heterocycles. The Kier molecular flexibility index (Phi) is 7.16. The molecule has 15 rings (SSSR count). The molecule has 10 aromatic carbocycles. The Morgan fingerprint density at radius 2 is 0.803 bits per heavy atom. The molecule has 0 unspecified atom stereocenters. The lowest BCUT2D eigenvalue weighted by Crippen LogP contribution is -2.11. The SMILES string of the molecule is c1ccc(N(c2ccccc2)c2c3ccccc3cc3c4c5ccccc5cc5c6c7c8cccc9c%10cccc(N(c%11ccccc%11)c%11ccccc%11)c%10n(c7ncc6n(c23)c54)c98)cc1. The quantitative estimate of drug-likeness (QED) is 0.167. The normalized spacial score (nSPS) is 12.2. The fourth-order valence-corrected chi connectivity index (χ4v) is 11.5. The summed E-state index contributed by atoms with van der Waals surface area (Å²) in [6.07, 6.45) is 2.16. The summed E-state index contributed by atoms with van der Waals surface area (Å²) in [5.41, 5.74) is 13.4. The van der Waals surface area contributed by atoms with Crippen LogP contribution in [0.15, 0.2) is 225 Å². The summed E-state index contributed by atoms with van der Waals surface area (Å²) in [5.74, 6) is 0. The third kappa shape index (κ3) is 4.65. The average molecular weight is 840 g/mol. The molecule has 0 N–H and O–H groups in total. The van der Waals surface area contributed by atoms with Crippen molar-refractivity contribution in [3.63, 3.8) is 0 Å². The van der Waals surface area contributed by atoms with Gasteiger partial charge in [-0.1, -0.05) is 152 Å². The molecule has 66 heavy (non-hydrogen) atoms. The third-order valence-corrected chi connectivity index (χ3v) is 14.1. The van der Waals surface area contributed by atoms with Crippen molar-refractivity contribution in [3.8, 4) is 0 Å². The third-order valence-electron chi connectivity index (χ3n) is 14.1. The Balaban J connectivity index is 1.15. The van der Waals surface area contributed by atoms with Crippen molar-refractivity contribution in [1.29, 1.82) is 0 Å². The van der Waals surface area contributed by atoms with Gasteiger partial charge < -0.3 is 14.2 Å². The minimum Gasteiger partial charge on any atom is -0.308 e. The van der Waals surface area contributed by atoms with Crippen LogP contribution in [0.1, 0.15) is 0 Å². The minimum absolute atomic E-state index is 0.959. The Hall–Kier alpha value is -8.93. The number of rotatable bonds is 6. The zero-order valence-electron chi connectivity index (χ0n) is 35.6. The number of aromatic nitrogens is 3. The van der Waals surface area contributed by atoms with Crippen molar-refractivity contribution < 1.29 is 0 Å². The van der Waals surface area contributed by atoms with Crippen LogP contribution >= 0.6 is 0 Å². The monoisotopic (exact) mass is 839 g/mol. The molecule has 0 atom stereocenters. The molecule has 0 aliphatic heterocycles. The fourth-order valence-electron chi connectivity index (χ4n) is 11.5. The summed E-state index contributed by atoms with van der Waals surface area (Å²) >= 11 is 0. The van der Waals surface area contributed by atoms with Crippen molar-refractivity contribution in [2.24, 2.45) is 0 Å². The smallest absolute Gasteiger partial charge is 0.146 e. The second-order valence-corrected chi connectivity index (χ2v) is 17.5. The topological polar surface area (TPSA) is 28.2 Å². The lowest BCUT2D eigenvalue weighted by Gasteiger charge is -2.28. The second-order valence-electron chi connectivity index (χ2n) is 17.5. The molecule has 0 saturated heterocycles. The largest absolute Gasteiger partial charge is 0.308 e. The van der Waals surface area contributed by atoms with Crippen LogP contribution in [0.2, 0.25) is 0 Å². The molecule has 306 valence electrons. The molecule has 5 heteroatoms. The van der Waals surface area contributed by atoms with Crippen LogP contribution in [-0.2, 0) is 0 Å². The molecule has 0 amide bonds. The molecule has 0 fully saturated rings. The lowest BCUT2D eigenvalue weighted by atomic mass is 9.97. The molecular weight excluding hydrogens is 803 g/mol. The highest BCUT2D eigenvalue weighted by molar-refractivity contribution is 6.39. The van der Waals surface area contributed by atoms with Gasteiger partial charge in [-0.05, 0) is 82.9 Å². The van der Waals surface area contributed by atoms with E-state index >= 15 is 0 Å². The molecule has 5 heterocycles. The molecule has 0 aliphatic carbocycles. The van der Waals surface area contributed by atoms with E-state index in [2.05, 4.69) is 243 Å². The summed E-state index contributed by atoms with van der Waals surface area (Å²) < 4.78 is 5.01. The number of hydrogen-bond donors (Lipinski definition) is 0. The van der Waals surface area contributed by atoms with Crippen LogP contribution in [0.5, 0.6) is 0 Å². The van der Waals surface area contributed by atoms with Gasteiger partial charge in [0.2, 0.25) is 0 Å². The van der Waals surface area contributed by atoms with Gasteiger partial charge in [-0.15, -0.1) is 0 Å². The van der Waals surface area contributed by atoms with Gasteiger partial charge in [0.25, 0.3) is 0 Å². The van der Waals surface area contributed by atoms with Gasteiger partial charge in [0.15, 0.2) is 0 Å². The van der Waals surface area contributed by atoms with Gasteiger partial charge in [0.05, 0.1) is 45.2 Å². The van der Waals surface area contributed by atoms with E-state index in [1.165, 1.54) is 81.2 Å². The highest BCUT2D eigenvalue weighted by atomic mass is 15.2. The van der Waals surface area contributed by atoms with Crippen LogP contribution in [0.4, 0.5) is 34.1 Å². The van der Waals surface area contributed by atoms with E-state index < -0.39 is 0 Å². The van der Waals surface area contributed by atoms with Crippen molar-refractivity contribution in [2.45, 2.75) is 0 Å². The first-order chi connectivity index (χ1) is 32.8. The Morgan fingerprint density at radius 1 is 0.318 bits per heavy atom. The van der Waals surface area contributed by atoms with Crippen molar-refractivity contribution in [3.05, 3.63) is 225 Å². The highest BCUT2D eigenvalue weighted by Gasteiger charge is 2.30. The van der Waals surface area contributed by atoms with Gasteiger partial charge in [-0.25, -0.2) is 4.98 Å². The maximum atomic E-state index is 5.63. The van der Waals surface area contributed by atoms with Gasteiger partial charge in [-0.3, -0.25) is 4.40 Å². The summed E-state index contributed by atoms with van der Waals surface area (Å²) in [5, 5.41) is 14.6. The van der Waals surface area contributed by atoms with Crippen LogP contribution in [-0.4, -0.2) is 13.8 Å². The van der Waals surface area contributed by atoms with E-state index in [1.807, 2.05) is 0 Å². The predicted molar refractivity (Wildman–Crippen MR) is 278 cm³/mol. The first-order valence-corrected chi connectivity index (χ1v) is 22.6. The summed E-state index contributed by atoms with van der Waals surface area (Å²) in [6, 6.07) is 79.3. The number of para-hydroxylation sites is 6. The van der Waals surface area contributed by atoms with Crippen LogP contribution in [0, 0.1) is 0 Å². The number of anilines is 6. The second kappa shape index (κ2) is 13.3. The fraction of sp³-hybridized carbons (Fsp3) is 0. The van der Waals surface area contributed by atoms with Crippen molar-refractivity contribution in [2.75, 3.05) is 9.80 Å². The van der Waals surface area contributed by atoms with Gasteiger partial charge in [-0.2, -0.15) is 0 Å². The molecule has 0 radical (unpaired) electrons. The van der Waals surface area contributed by atoms with E-state index in [0.29, 0.717) is 0 Å². The number of fused-ring (bicyclic) bond motifs is 16. The van der Waals surface area contributed by atoms with Crippen LogP contribution in [0.3, 0.4) is 0 Å². The zero-order valence-corrected chi connectivity index (χ0v) is 35.6. The van der Waals surface area contributed by atoms with E-state index in [0.717, 1.165) is 50.8 Å². The Bertz CT molecular complexity index is 4310. The maximum Gasteiger partial charge on any atom is 0.146 e. The number of nitrogens with zero attached hydrogens (tertiary/aromatic N) is 5. The van der Waals surface area contributed by atoms with Crippen LogP contribution in [0.25, 0.3) is 97.9 Å². The van der Waals surface area contributed by atoms with Crippen LogP contribution < -0.4 is 9.80 Å². The maximum absolute atomic E-state index is 5.63. The predicted octanol–water partition coefficient (Wildman–Crippen LogP) is 16.6. The first kappa shape index (κ1) is 35.5. The highest BCUT2D eigenvalue weighted by Crippen LogP contribution is 2.53. The molecule has 0 aliphatic rings.